The first-order chi connectivity index (χ1) is 23.1. The zero-order chi connectivity index (χ0) is 34.2. The monoisotopic (exact) mass is 788 g/mol. The Kier molecular flexibility index (Phi) is 43.4. The van der Waals surface area contributed by atoms with Crippen LogP contribution in [0.3, 0.4) is 0 Å². The molecule has 0 aromatic rings. The average molecular weight is 788 g/mol. The molecule has 6 heteroatoms. The highest BCUT2D eigenvalue weighted by Crippen LogP contribution is 2.11. The molecule has 0 rings (SSSR count). The van der Waals surface area contributed by atoms with E-state index in [0.717, 1.165) is 30.4 Å². The van der Waals surface area contributed by atoms with Gasteiger partial charge in [-0.2, -0.15) is 0 Å². The van der Waals surface area contributed by atoms with Crippen LogP contribution >= 0.6 is 0 Å². The van der Waals surface area contributed by atoms with Crippen molar-refractivity contribution in [1.82, 2.24) is 0 Å². The fourth-order valence-corrected chi connectivity index (χ4v) is 5.62. The number of unbranched alkanes of at least 4 members (excludes halogenated alkanes) is 24. The van der Waals surface area contributed by atoms with Gasteiger partial charge >= 0.3 is 0 Å². The normalized spacial score (nSPS) is 12.2. The van der Waals surface area contributed by atoms with Crippen molar-refractivity contribution >= 4 is 12.4 Å². The van der Waals surface area contributed by atoms with Gasteiger partial charge in [0.25, 0.3) is 0 Å². The minimum atomic E-state index is 0. The van der Waals surface area contributed by atoms with E-state index in [1.165, 1.54) is 167 Å². The standard InChI is InChI=1S/C42H82N3O2.HI/c1-5-7-9-11-13-15-17-19-21-23-25-27-29-31-33-35-37-43-46-41-39-45(3,4)40-42-47-44-38-36-34-32-30-28-26-24-22-20-18-16-14-12-10-8-6-2;/h19-22,37-38H,5-18,23-36,39-42H2,1-4H3;1H/q+1;/p-1. The summed E-state index contributed by atoms with van der Waals surface area (Å²) >= 11 is 0. The molecule has 0 bridgehead atoms. The first-order valence-corrected chi connectivity index (χ1v) is 20.5. The van der Waals surface area contributed by atoms with E-state index in [4.69, 9.17) is 9.68 Å². The molecule has 0 aromatic heterocycles. The smallest absolute Gasteiger partial charge is 0.165 e. The molecular formula is C42H82IN3O2. The zero-order valence-corrected chi connectivity index (χ0v) is 34.8. The van der Waals surface area contributed by atoms with Gasteiger partial charge in [0, 0.05) is 12.4 Å². The van der Waals surface area contributed by atoms with Crippen molar-refractivity contribution in [3.63, 3.8) is 0 Å². The molecule has 0 saturated carbocycles. The zero-order valence-electron chi connectivity index (χ0n) is 32.6. The number of likely N-dealkylation sites (N-methyl/N-ethyl adjacent to an activating group) is 1. The second-order valence-corrected chi connectivity index (χ2v) is 14.4. The summed E-state index contributed by atoms with van der Waals surface area (Å²) in [6.07, 6.45) is 50.2. The highest BCUT2D eigenvalue weighted by Gasteiger charge is 2.14. The summed E-state index contributed by atoms with van der Waals surface area (Å²) in [4.78, 5) is 11.0. The Morgan fingerprint density at radius 3 is 0.979 bits per heavy atom. The molecule has 0 aliphatic heterocycles. The fourth-order valence-electron chi connectivity index (χ4n) is 5.62. The van der Waals surface area contributed by atoms with E-state index in [0.29, 0.717) is 13.2 Å². The summed E-state index contributed by atoms with van der Waals surface area (Å²) in [5.41, 5.74) is 0. The summed E-state index contributed by atoms with van der Waals surface area (Å²) in [6.45, 7) is 7.65. The topological polar surface area (TPSA) is 43.2 Å². The molecule has 0 aliphatic carbocycles. The number of nitrogens with zero attached hydrogens (tertiary/aromatic N) is 3. The van der Waals surface area contributed by atoms with E-state index in [2.05, 4.69) is 62.6 Å². The number of hydrogen-bond acceptors (Lipinski definition) is 4. The molecule has 0 spiro atoms. The van der Waals surface area contributed by atoms with Gasteiger partial charge in [-0.1, -0.05) is 151 Å². The van der Waals surface area contributed by atoms with Crippen LogP contribution in [0.4, 0.5) is 0 Å². The lowest BCUT2D eigenvalue weighted by molar-refractivity contribution is -0.891. The number of oxime groups is 2. The number of quaternary nitrogens is 1. The third-order valence-electron chi connectivity index (χ3n) is 9.06. The lowest BCUT2D eigenvalue weighted by atomic mass is 10.1. The minimum absolute atomic E-state index is 0. The van der Waals surface area contributed by atoms with Gasteiger partial charge in [-0.15, -0.1) is 0 Å². The number of halogens is 1. The lowest BCUT2D eigenvalue weighted by Crippen LogP contribution is -3.00. The van der Waals surface area contributed by atoms with E-state index >= 15 is 0 Å². The Hall–Kier alpha value is -0.890. The molecule has 0 radical (unpaired) electrons. The SMILES string of the molecule is CCCCCCCCC=CCCCCCCCC=NOCC[N+](C)(C)CCON=CCCCCCCCC=CCCCCCCCC.[I-]. The summed E-state index contributed by atoms with van der Waals surface area (Å²) < 4.78 is 0.841. The first-order valence-electron chi connectivity index (χ1n) is 20.5. The third-order valence-corrected chi connectivity index (χ3v) is 9.06. The maximum absolute atomic E-state index is 5.51. The second-order valence-electron chi connectivity index (χ2n) is 14.4. The third kappa shape index (κ3) is 43.1. The summed E-state index contributed by atoms with van der Waals surface area (Å²) in [5, 5.41) is 8.33. The summed E-state index contributed by atoms with van der Waals surface area (Å²) in [7, 11) is 4.41. The Morgan fingerprint density at radius 1 is 0.396 bits per heavy atom. The Balaban J connectivity index is 0. The van der Waals surface area contributed by atoms with Gasteiger partial charge in [0.15, 0.2) is 13.2 Å². The van der Waals surface area contributed by atoms with Crippen LogP contribution in [0.25, 0.3) is 0 Å². The van der Waals surface area contributed by atoms with Crippen molar-refractivity contribution in [2.24, 2.45) is 10.3 Å². The van der Waals surface area contributed by atoms with E-state index in [9.17, 15) is 0 Å². The van der Waals surface area contributed by atoms with Crippen LogP contribution in [0.2, 0.25) is 0 Å². The molecule has 0 unspecified atom stereocenters. The van der Waals surface area contributed by atoms with Crippen LogP contribution in [0.1, 0.15) is 194 Å². The van der Waals surface area contributed by atoms with Crippen molar-refractivity contribution in [3.8, 4) is 0 Å². The highest BCUT2D eigenvalue weighted by molar-refractivity contribution is 5.56. The Labute approximate surface area is 317 Å². The predicted molar refractivity (Wildman–Crippen MR) is 210 cm³/mol. The molecule has 0 atom stereocenters. The van der Waals surface area contributed by atoms with Crippen molar-refractivity contribution < 1.29 is 38.1 Å². The maximum Gasteiger partial charge on any atom is 0.165 e. The fraction of sp³-hybridized carbons (Fsp3) is 0.857. The Bertz CT molecular complexity index is 666. The molecule has 0 saturated heterocycles. The molecule has 0 aliphatic rings. The molecule has 0 aromatic carbocycles. The van der Waals surface area contributed by atoms with Crippen molar-refractivity contribution in [2.75, 3.05) is 40.4 Å². The van der Waals surface area contributed by atoms with Gasteiger partial charge in [-0.25, -0.2) is 0 Å². The van der Waals surface area contributed by atoms with Crippen molar-refractivity contribution in [2.45, 2.75) is 194 Å². The predicted octanol–water partition coefficient (Wildman–Crippen LogP) is 10.1. The quantitative estimate of drug-likeness (QED) is 0.0156. The van der Waals surface area contributed by atoms with E-state index < -0.39 is 0 Å². The van der Waals surface area contributed by atoms with Crippen LogP contribution in [0.5, 0.6) is 0 Å². The average Bonchev–Trinajstić information content (AvgIpc) is 3.06. The minimum Gasteiger partial charge on any atom is -1.00 e. The van der Waals surface area contributed by atoms with E-state index in [1.807, 2.05) is 12.4 Å². The van der Waals surface area contributed by atoms with Crippen LogP contribution in [0.15, 0.2) is 34.6 Å². The lowest BCUT2D eigenvalue weighted by Gasteiger charge is -2.28. The first kappa shape index (κ1) is 49.2. The van der Waals surface area contributed by atoms with Crippen LogP contribution in [-0.4, -0.2) is 57.3 Å². The molecular weight excluding hydrogens is 705 g/mol. The second kappa shape index (κ2) is 42.3. The van der Waals surface area contributed by atoms with Crippen LogP contribution in [0, 0.1) is 0 Å². The van der Waals surface area contributed by atoms with Gasteiger partial charge in [-0.05, 0) is 77.0 Å². The highest BCUT2D eigenvalue weighted by atomic mass is 127. The molecule has 0 heterocycles. The van der Waals surface area contributed by atoms with Gasteiger partial charge in [0.1, 0.15) is 13.1 Å². The van der Waals surface area contributed by atoms with Crippen molar-refractivity contribution in [1.29, 1.82) is 0 Å². The largest absolute Gasteiger partial charge is 1.00 e. The van der Waals surface area contributed by atoms with Gasteiger partial charge in [-0.3, -0.25) is 0 Å². The van der Waals surface area contributed by atoms with Gasteiger partial charge in [0.2, 0.25) is 0 Å². The molecule has 0 fully saturated rings. The van der Waals surface area contributed by atoms with E-state index in [1.54, 1.807) is 0 Å². The molecule has 284 valence electrons. The van der Waals surface area contributed by atoms with Crippen molar-refractivity contribution in [3.05, 3.63) is 24.3 Å². The maximum atomic E-state index is 5.51. The summed E-state index contributed by atoms with van der Waals surface area (Å²) in [5.74, 6) is 0. The number of hydrogen-bond donors (Lipinski definition) is 0. The van der Waals surface area contributed by atoms with Crippen LogP contribution in [-0.2, 0) is 9.68 Å². The Morgan fingerprint density at radius 2 is 0.667 bits per heavy atom. The number of rotatable bonds is 38. The van der Waals surface area contributed by atoms with Gasteiger partial charge < -0.3 is 38.1 Å². The summed E-state index contributed by atoms with van der Waals surface area (Å²) in [6, 6.07) is 0. The van der Waals surface area contributed by atoms with E-state index in [-0.39, 0.29) is 24.0 Å². The number of allylic oxidation sites excluding steroid dienone is 4. The van der Waals surface area contributed by atoms with Gasteiger partial charge in [0.05, 0.1) is 14.1 Å². The molecule has 48 heavy (non-hydrogen) atoms. The van der Waals surface area contributed by atoms with Crippen LogP contribution < -0.4 is 24.0 Å². The molecule has 0 N–H and O–H groups in total. The molecule has 0 amide bonds. The molecule has 5 nitrogen and oxygen atoms in total.